The molecule has 0 aromatic heterocycles. The zero-order valence-electron chi connectivity index (χ0n) is 56.5. The summed E-state index contributed by atoms with van der Waals surface area (Å²) in [6, 6.07) is 0. The minimum absolute atomic E-state index is 0.595. The van der Waals surface area contributed by atoms with Crippen LogP contribution in [0.2, 0.25) is 0 Å². The predicted molar refractivity (Wildman–Crippen MR) is 332 cm³/mol. The number of hydrogen-bond acceptors (Lipinski definition) is 1. The van der Waals surface area contributed by atoms with E-state index in [1.54, 1.807) is 19.3 Å². The van der Waals surface area contributed by atoms with Crippen LogP contribution in [-0.2, 0) is 4.74 Å². The molecule has 13 aliphatic rings. The van der Waals surface area contributed by atoms with E-state index >= 15 is 0 Å². The topological polar surface area (TPSA) is 9.23 Å². The third-order valence-electron chi connectivity index (χ3n) is 24.1. The molecule has 0 N–H and O–H groups in total. The maximum Gasteiger partial charge on any atom is 0.0614 e. The highest BCUT2D eigenvalue weighted by Gasteiger charge is 2.69. The summed E-state index contributed by atoms with van der Waals surface area (Å²) >= 11 is 0. The second kappa shape index (κ2) is 30.5. The molecular weight excluding hydrogens is 881 g/mol. The van der Waals surface area contributed by atoms with Crippen LogP contribution >= 0.6 is 0 Å². The Kier molecular flexibility index (Phi) is 29.7. The molecule has 10 bridgehead atoms. The van der Waals surface area contributed by atoms with Gasteiger partial charge in [0.2, 0.25) is 0 Å². The number of ether oxygens (including phenoxy) is 1. The average Bonchev–Trinajstić information content (AvgIpc) is 4.21. The molecule has 0 radical (unpaired) electrons. The van der Waals surface area contributed by atoms with Gasteiger partial charge in [0.15, 0.2) is 0 Å². The zero-order valence-corrected chi connectivity index (χ0v) is 56.5. The number of fused-ring (bicyclic) bond motifs is 8. The van der Waals surface area contributed by atoms with Crippen molar-refractivity contribution in [2.24, 2.45) is 127 Å². The second-order valence-electron chi connectivity index (χ2n) is 29.5. The van der Waals surface area contributed by atoms with E-state index in [-0.39, 0.29) is 0 Å². The molecule has 0 aromatic rings. The van der Waals surface area contributed by atoms with Crippen molar-refractivity contribution in [1.82, 2.24) is 0 Å². The molecule has 11 aliphatic carbocycles. The van der Waals surface area contributed by atoms with E-state index in [4.69, 9.17) is 4.74 Å². The summed E-state index contributed by atoms with van der Waals surface area (Å²) in [6.07, 6.45) is 28.3. The Bertz CT molecular complexity index is 1260. The Hall–Kier alpha value is -0.0400. The average molecular weight is 1030 g/mol. The normalized spacial score (nSPS) is 38.8. The van der Waals surface area contributed by atoms with Gasteiger partial charge >= 0.3 is 0 Å². The first kappa shape index (κ1) is 71.0. The molecule has 11 saturated carbocycles. The van der Waals surface area contributed by atoms with Crippen LogP contribution < -0.4 is 0 Å². The van der Waals surface area contributed by atoms with Crippen molar-refractivity contribution in [2.75, 3.05) is 0 Å². The van der Waals surface area contributed by atoms with Crippen LogP contribution in [0.4, 0.5) is 0 Å². The maximum atomic E-state index is 6.02. The molecule has 438 valence electrons. The van der Waals surface area contributed by atoms with Gasteiger partial charge in [-0.1, -0.05) is 208 Å². The Balaban J connectivity index is 0.000000437. The van der Waals surface area contributed by atoms with Crippen molar-refractivity contribution in [1.29, 1.82) is 0 Å². The van der Waals surface area contributed by atoms with E-state index < -0.39 is 0 Å². The van der Waals surface area contributed by atoms with Crippen molar-refractivity contribution < 1.29 is 4.74 Å². The van der Waals surface area contributed by atoms with Gasteiger partial charge in [-0.05, 0) is 243 Å². The summed E-state index contributed by atoms with van der Waals surface area (Å²) in [4.78, 5) is 0. The molecule has 73 heavy (non-hydrogen) atoms. The standard InChI is InChI=1S/C14H26.C13H24.C12H22O.C12H22.C11H20.5C2H6/c1-11(2)13-5-8-14(9-6-13,10-7-13)12(3)4;1-8(2)12-6-11-5-10(12)7-13(11)9(3)4;1-7(2)9-5-12-10(8(3)4)6-11(9)13-12;1-9(2)11-5-6-12(7-11,8-11)10(3)4;1-8(2)10-5-11(6-10,7-10)9(3)4;5*1-2/h11-12H,5-10H2,1-4H3;8-13H,5-7H2,1-4H3;7-12H,5-6H2,1-4H3;9-10H,5-8H2,1-4H3;8-9H,5-7H2,1-4H3;5*1-2H3. The smallest absolute Gasteiger partial charge is 0.0614 e. The van der Waals surface area contributed by atoms with Gasteiger partial charge in [0.25, 0.3) is 0 Å². The van der Waals surface area contributed by atoms with Crippen LogP contribution in [0.5, 0.6) is 0 Å². The SMILES string of the molecule is CC.CC.CC.CC.CC.CC(C)C12CC(C(C)C)(C1)C2.CC(C)C12CCC(C(C)C)(C1)C2.CC(C)C12CCC(C(C)C)(CC1)CC2.CC(C)C1CC2CC1CC2C(C)C.CC(C)C1CC2OC1CC2C(C)C. The first-order valence-electron chi connectivity index (χ1n) is 33.9. The summed E-state index contributed by atoms with van der Waals surface area (Å²) < 4.78 is 6.02. The highest BCUT2D eigenvalue weighted by Crippen LogP contribution is 2.78. The summed E-state index contributed by atoms with van der Waals surface area (Å²) in [6.45, 7) is 68.0. The highest BCUT2D eigenvalue weighted by atomic mass is 16.5. The lowest BCUT2D eigenvalue weighted by molar-refractivity contribution is -0.252. The Morgan fingerprint density at radius 3 is 0.616 bits per heavy atom. The van der Waals surface area contributed by atoms with Gasteiger partial charge in [0.1, 0.15) is 0 Å². The molecule has 0 amide bonds. The summed E-state index contributed by atoms with van der Waals surface area (Å²) in [5, 5.41) is 0. The van der Waals surface area contributed by atoms with E-state index in [2.05, 4.69) is 138 Å². The van der Waals surface area contributed by atoms with Gasteiger partial charge in [0.05, 0.1) is 12.2 Å². The molecule has 13 fully saturated rings. The molecule has 13 rings (SSSR count). The van der Waals surface area contributed by atoms with Gasteiger partial charge < -0.3 is 4.74 Å². The van der Waals surface area contributed by atoms with Crippen molar-refractivity contribution in [2.45, 2.75) is 335 Å². The molecule has 2 saturated heterocycles. The maximum absolute atomic E-state index is 6.02. The lowest BCUT2D eigenvalue weighted by Crippen LogP contribution is -2.66. The van der Waals surface area contributed by atoms with E-state index in [0.717, 1.165) is 127 Å². The van der Waals surface area contributed by atoms with Crippen molar-refractivity contribution in [3.63, 3.8) is 0 Å². The molecule has 2 heterocycles. The second-order valence-corrected chi connectivity index (χ2v) is 29.5. The van der Waals surface area contributed by atoms with Crippen LogP contribution in [0, 0.1) is 127 Å². The predicted octanol–water partition coefficient (Wildman–Crippen LogP) is 24.2. The Morgan fingerprint density at radius 1 is 0.247 bits per heavy atom. The van der Waals surface area contributed by atoms with Crippen molar-refractivity contribution in [3.05, 3.63) is 0 Å². The van der Waals surface area contributed by atoms with Crippen LogP contribution in [0.1, 0.15) is 323 Å². The largest absolute Gasteiger partial charge is 0.374 e. The van der Waals surface area contributed by atoms with Crippen molar-refractivity contribution in [3.8, 4) is 0 Å². The molecule has 8 atom stereocenters. The first-order valence-corrected chi connectivity index (χ1v) is 33.9. The van der Waals surface area contributed by atoms with Crippen LogP contribution in [-0.4, -0.2) is 12.2 Å². The highest BCUT2D eigenvalue weighted by molar-refractivity contribution is 5.19. The molecule has 0 spiro atoms. The lowest BCUT2D eigenvalue weighted by atomic mass is 9.30. The summed E-state index contributed by atoms with van der Waals surface area (Å²) in [7, 11) is 0. The Morgan fingerprint density at radius 2 is 0.452 bits per heavy atom. The minimum Gasteiger partial charge on any atom is -0.374 e. The van der Waals surface area contributed by atoms with Crippen molar-refractivity contribution >= 4 is 0 Å². The van der Waals surface area contributed by atoms with Gasteiger partial charge in [0, 0.05) is 0 Å². The molecule has 8 unspecified atom stereocenters. The Labute approximate surface area is 465 Å². The fourth-order valence-electron chi connectivity index (χ4n) is 17.9. The quantitative estimate of drug-likeness (QED) is 0.212. The third kappa shape index (κ3) is 15.7. The van der Waals surface area contributed by atoms with E-state index in [1.807, 2.05) is 69.2 Å². The fourth-order valence-corrected chi connectivity index (χ4v) is 17.9. The monoisotopic (exact) mass is 1030 g/mol. The fraction of sp³-hybridized carbons (Fsp3) is 1.00. The molecular formula is C72H144O. The number of hydrogen-bond donors (Lipinski definition) is 0. The van der Waals surface area contributed by atoms with E-state index in [0.29, 0.717) is 12.2 Å². The lowest BCUT2D eigenvalue weighted by Gasteiger charge is -2.75. The van der Waals surface area contributed by atoms with Gasteiger partial charge in [-0.3, -0.25) is 0 Å². The van der Waals surface area contributed by atoms with Gasteiger partial charge in [-0.2, -0.15) is 0 Å². The number of rotatable bonds is 10. The molecule has 1 heteroatoms. The third-order valence-corrected chi connectivity index (χ3v) is 24.1. The summed E-state index contributed by atoms with van der Waals surface area (Å²) in [5.41, 5.74) is 4.68. The first-order chi connectivity index (χ1) is 34.2. The molecule has 0 aromatic carbocycles. The van der Waals surface area contributed by atoms with Crippen LogP contribution in [0.25, 0.3) is 0 Å². The van der Waals surface area contributed by atoms with E-state index in [9.17, 15) is 0 Å². The minimum atomic E-state index is 0.595. The zero-order chi connectivity index (χ0) is 56.8. The van der Waals surface area contributed by atoms with Crippen LogP contribution in [0.15, 0.2) is 0 Å². The molecule has 1 nitrogen and oxygen atoms in total. The van der Waals surface area contributed by atoms with Crippen LogP contribution in [0.3, 0.4) is 0 Å². The molecule has 2 aliphatic heterocycles. The van der Waals surface area contributed by atoms with E-state index in [1.165, 1.54) is 96.3 Å². The van der Waals surface area contributed by atoms with Gasteiger partial charge in [-0.15, -0.1) is 0 Å². The van der Waals surface area contributed by atoms with Gasteiger partial charge in [-0.25, -0.2) is 0 Å². The summed E-state index contributed by atoms with van der Waals surface area (Å²) in [5.74, 6) is 15.0.